The highest BCUT2D eigenvalue weighted by molar-refractivity contribution is 5.97. The van der Waals surface area contributed by atoms with Crippen LogP contribution in [0, 0.1) is 11.3 Å². The number of hydrogen-bond acceptors (Lipinski definition) is 3. The summed E-state index contributed by atoms with van der Waals surface area (Å²) in [7, 11) is 0. The van der Waals surface area contributed by atoms with Gasteiger partial charge in [-0.15, -0.1) is 0 Å². The molecule has 3 heteroatoms. The molecule has 0 unspecified atom stereocenters. The summed E-state index contributed by atoms with van der Waals surface area (Å²) in [5.74, 6) is 0.192. The summed E-state index contributed by atoms with van der Waals surface area (Å²) in [5.41, 5.74) is 0.637. The van der Waals surface area contributed by atoms with Gasteiger partial charge < -0.3 is 10.2 Å². The van der Waals surface area contributed by atoms with E-state index in [1.165, 1.54) is 0 Å². The largest absolute Gasteiger partial charge is 0.390 e. The first-order valence-corrected chi connectivity index (χ1v) is 6.78. The number of ketones is 1. The molecule has 2 rings (SSSR count). The number of carbonyl (C=O) groups excluding carboxylic acids is 1. The van der Waals surface area contributed by atoms with Crippen LogP contribution in [0.25, 0.3) is 0 Å². The molecular formula is C15H24O3. The monoisotopic (exact) mass is 252 g/mol. The molecule has 2 aliphatic carbocycles. The van der Waals surface area contributed by atoms with Crippen molar-refractivity contribution < 1.29 is 15.0 Å². The molecule has 0 saturated heterocycles. The number of fused-ring (bicyclic) bond motifs is 1. The summed E-state index contributed by atoms with van der Waals surface area (Å²) in [4.78, 5) is 12.2. The molecule has 0 aromatic heterocycles. The number of hydrogen-bond donors (Lipinski definition) is 2. The highest BCUT2D eigenvalue weighted by Gasteiger charge is 2.55. The maximum absolute atomic E-state index is 12.2. The van der Waals surface area contributed by atoms with Crippen LogP contribution in [0.1, 0.15) is 53.4 Å². The Labute approximate surface area is 109 Å². The second kappa shape index (κ2) is 4.17. The Hall–Kier alpha value is -0.670. The maximum atomic E-state index is 12.2. The average molecular weight is 252 g/mol. The molecule has 18 heavy (non-hydrogen) atoms. The van der Waals surface area contributed by atoms with E-state index < -0.39 is 11.7 Å². The zero-order chi connectivity index (χ0) is 13.7. The zero-order valence-corrected chi connectivity index (χ0v) is 11.8. The average Bonchev–Trinajstić information content (AvgIpc) is 2.23. The molecular weight excluding hydrogens is 228 g/mol. The van der Waals surface area contributed by atoms with Crippen LogP contribution in [0.4, 0.5) is 0 Å². The van der Waals surface area contributed by atoms with E-state index in [4.69, 9.17) is 0 Å². The number of allylic oxidation sites excluding steroid dienone is 2. The molecule has 0 aromatic rings. The predicted octanol–water partition coefficient (Wildman–Crippen LogP) is 2.21. The van der Waals surface area contributed by atoms with Crippen LogP contribution in [0.2, 0.25) is 0 Å². The smallest absolute Gasteiger partial charge is 0.159 e. The molecule has 4 atom stereocenters. The number of aliphatic hydroxyl groups is 2. The Balaban J connectivity index is 2.41. The highest BCUT2D eigenvalue weighted by Crippen LogP contribution is 2.54. The van der Waals surface area contributed by atoms with Crippen LogP contribution in [0.15, 0.2) is 11.1 Å². The van der Waals surface area contributed by atoms with Crippen LogP contribution >= 0.6 is 0 Å². The summed E-state index contributed by atoms with van der Waals surface area (Å²) in [6, 6.07) is 0. The van der Waals surface area contributed by atoms with Crippen LogP contribution in [-0.4, -0.2) is 27.7 Å². The molecule has 0 aromatic carbocycles. The lowest BCUT2D eigenvalue weighted by Gasteiger charge is -2.54. The summed E-state index contributed by atoms with van der Waals surface area (Å²) >= 11 is 0. The van der Waals surface area contributed by atoms with Crippen molar-refractivity contribution in [3.63, 3.8) is 0 Å². The van der Waals surface area contributed by atoms with Crippen molar-refractivity contribution in [3.05, 3.63) is 11.1 Å². The van der Waals surface area contributed by atoms with Crippen molar-refractivity contribution in [1.82, 2.24) is 0 Å². The molecule has 2 N–H and O–H groups in total. The third-order valence-electron chi connectivity index (χ3n) is 5.12. The van der Waals surface area contributed by atoms with Gasteiger partial charge in [-0.05, 0) is 56.9 Å². The van der Waals surface area contributed by atoms with Crippen molar-refractivity contribution in [2.45, 2.75) is 65.1 Å². The molecule has 0 spiro atoms. The third kappa shape index (κ3) is 1.94. The van der Waals surface area contributed by atoms with Gasteiger partial charge in [-0.1, -0.05) is 12.5 Å². The highest BCUT2D eigenvalue weighted by atomic mass is 16.3. The predicted molar refractivity (Wildman–Crippen MR) is 70.1 cm³/mol. The molecule has 2 saturated carbocycles. The van der Waals surface area contributed by atoms with Gasteiger partial charge in [0.05, 0.1) is 11.7 Å². The first kappa shape index (κ1) is 13.8. The van der Waals surface area contributed by atoms with E-state index in [9.17, 15) is 15.0 Å². The molecule has 2 fully saturated rings. The standard InChI is InChI=1S/C15H24O3/c1-9(2)10-7-12-14(3,8-11(10)16)6-5-13(17)15(12,4)18/h12-13,17-18H,5-8H2,1-4H3/t12-,13+,14+,15-/m0/s1. The summed E-state index contributed by atoms with van der Waals surface area (Å²) in [6.45, 7) is 7.70. The van der Waals surface area contributed by atoms with Gasteiger partial charge in [0.15, 0.2) is 5.78 Å². The number of rotatable bonds is 0. The Morgan fingerprint density at radius 1 is 1.33 bits per heavy atom. The third-order valence-corrected chi connectivity index (χ3v) is 5.12. The number of Topliss-reactive ketones (excluding diaryl/α,β-unsaturated/α-hetero) is 1. The Kier molecular flexibility index (Phi) is 3.19. The van der Waals surface area contributed by atoms with E-state index in [1.54, 1.807) is 6.92 Å². The lowest BCUT2D eigenvalue weighted by Crippen LogP contribution is -2.58. The van der Waals surface area contributed by atoms with Crippen molar-refractivity contribution in [2.24, 2.45) is 11.3 Å². The lowest BCUT2D eigenvalue weighted by atomic mass is 9.53. The van der Waals surface area contributed by atoms with Gasteiger partial charge in [0.2, 0.25) is 0 Å². The fourth-order valence-electron chi connectivity index (χ4n) is 3.81. The maximum Gasteiger partial charge on any atom is 0.159 e. The number of carbonyl (C=O) groups is 1. The summed E-state index contributed by atoms with van der Waals surface area (Å²) in [5, 5.41) is 20.6. The van der Waals surface area contributed by atoms with Crippen LogP contribution in [0.5, 0.6) is 0 Å². The van der Waals surface area contributed by atoms with Gasteiger partial charge in [0.1, 0.15) is 0 Å². The summed E-state index contributed by atoms with van der Waals surface area (Å²) < 4.78 is 0. The molecule has 0 bridgehead atoms. The van der Waals surface area contributed by atoms with Crippen molar-refractivity contribution in [2.75, 3.05) is 0 Å². The van der Waals surface area contributed by atoms with E-state index in [0.29, 0.717) is 19.3 Å². The van der Waals surface area contributed by atoms with Crippen LogP contribution < -0.4 is 0 Å². The van der Waals surface area contributed by atoms with E-state index >= 15 is 0 Å². The minimum absolute atomic E-state index is 0.0312. The van der Waals surface area contributed by atoms with Gasteiger partial charge in [-0.25, -0.2) is 0 Å². The Morgan fingerprint density at radius 2 is 1.94 bits per heavy atom. The normalized spacial score (nSPS) is 44.8. The second-order valence-corrected chi connectivity index (χ2v) is 6.77. The topological polar surface area (TPSA) is 57.5 Å². The fraction of sp³-hybridized carbons (Fsp3) is 0.800. The molecule has 0 aliphatic heterocycles. The zero-order valence-electron chi connectivity index (χ0n) is 11.8. The van der Waals surface area contributed by atoms with E-state index in [-0.39, 0.29) is 17.1 Å². The van der Waals surface area contributed by atoms with Crippen molar-refractivity contribution in [3.8, 4) is 0 Å². The van der Waals surface area contributed by atoms with E-state index in [1.807, 2.05) is 13.8 Å². The summed E-state index contributed by atoms with van der Waals surface area (Å²) in [6.07, 6.45) is 1.82. The van der Waals surface area contributed by atoms with Gasteiger partial charge in [0.25, 0.3) is 0 Å². The molecule has 3 nitrogen and oxygen atoms in total. The van der Waals surface area contributed by atoms with Gasteiger partial charge >= 0.3 is 0 Å². The quantitative estimate of drug-likeness (QED) is 0.650. The molecule has 102 valence electrons. The lowest BCUT2D eigenvalue weighted by molar-refractivity contribution is -0.175. The fourth-order valence-corrected chi connectivity index (χ4v) is 3.81. The molecule has 0 amide bonds. The Bertz CT molecular complexity index is 404. The number of aliphatic hydroxyl groups excluding tert-OH is 1. The minimum atomic E-state index is -1.09. The van der Waals surface area contributed by atoms with Crippen LogP contribution in [0.3, 0.4) is 0 Å². The van der Waals surface area contributed by atoms with E-state index in [2.05, 4.69) is 6.92 Å². The van der Waals surface area contributed by atoms with Crippen LogP contribution in [-0.2, 0) is 4.79 Å². The minimum Gasteiger partial charge on any atom is -0.390 e. The van der Waals surface area contributed by atoms with Gasteiger partial charge in [-0.2, -0.15) is 0 Å². The molecule has 0 heterocycles. The molecule has 0 radical (unpaired) electrons. The molecule has 2 aliphatic rings. The second-order valence-electron chi connectivity index (χ2n) is 6.77. The van der Waals surface area contributed by atoms with Gasteiger partial charge in [0, 0.05) is 6.42 Å². The first-order chi connectivity index (χ1) is 8.18. The SMILES string of the molecule is CC(C)=C1C[C@H]2[C@](C)(CC[C@@H](O)[C@@]2(C)O)CC1=O. The van der Waals surface area contributed by atoms with Gasteiger partial charge in [-0.3, -0.25) is 4.79 Å². The first-order valence-electron chi connectivity index (χ1n) is 6.78. The van der Waals surface area contributed by atoms with Crippen molar-refractivity contribution >= 4 is 5.78 Å². The van der Waals surface area contributed by atoms with Crippen molar-refractivity contribution in [1.29, 1.82) is 0 Å². The van der Waals surface area contributed by atoms with E-state index in [0.717, 1.165) is 17.6 Å². The Morgan fingerprint density at radius 3 is 2.50 bits per heavy atom.